The van der Waals surface area contributed by atoms with Crippen LogP contribution in [0.4, 0.5) is 5.69 Å². The molecule has 5 nitrogen and oxygen atoms in total. The highest BCUT2D eigenvalue weighted by atomic mass is 32.2. The topological polar surface area (TPSA) is 63.7 Å². The molecule has 2 heterocycles. The van der Waals surface area contributed by atoms with Crippen LogP contribution in [0.25, 0.3) is 0 Å². The summed E-state index contributed by atoms with van der Waals surface area (Å²) in [5, 5.41) is 0. The average Bonchev–Trinajstić information content (AvgIpc) is 3.02. The molecule has 0 radical (unpaired) electrons. The lowest BCUT2D eigenvalue weighted by molar-refractivity contribution is -0.117. The minimum atomic E-state index is -0.503. The first-order chi connectivity index (χ1) is 13.1. The zero-order valence-electron chi connectivity index (χ0n) is 15.0. The third-order valence-electron chi connectivity index (χ3n) is 4.99. The van der Waals surface area contributed by atoms with Gasteiger partial charge in [0.25, 0.3) is 0 Å². The van der Waals surface area contributed by atoms with Gasteiger partial charge < -0.3 is 9.64 Å². The zero-order chi connectivity index (χ0) is 19.0. The molecule has 1 amide bonds. The van der Waals surface area contributed by atoms with Crippen molar-refractivity contribution in [1.29, 1.82) is 0 Å². The first-order valence-corrected chi connectivity index (χ1v) is 10.1. The Bertz CT molecular complexity index is 953. The number of ether oxygens (including phenoxy) is 1. The first kappa shape index (κ1) is 17.8. The molecule has 6 heteroatoms. The van der Waals surface area contributed by atoms with E-state index in [4.69, 9.17) is 4.74 Å². The van der Waals surface area contributed by atoms with E-state index in [0.29, 0.717) is 17.5 Å². The van der Waals surface area contributed by atoms with Gasteiger partial charge in [-0.2, -0.15) is 0 Å². The number of amides is 1. The second-order valence-electron chi connectivity index (χ2n) is 6.67. The van der Waals surface area contributed by atoms with Crippen molar-refractivity contribution in [3.63, 3.8) is 0 Å². The number of esters is 1. The Morgan fingerprint density at radius 1 is 1.19 bits per heavy atom. The maximum Gasteiger partial charge on any atom is 0.339 e. The van der Waals surface area contributed by atoms with E-state index in [9.17, 15) is 14.4 Å². The van der Waals surface area contributed by atoms with Crippen molar-refractivity contribution in [2.75, 3.05) is 24.3 Å². The van der Waals surface area contributed by atoms with E-state index < -0.39 is 5.97 Å². The summed E-state index contributed by atoms with van der Waals surface area (Å²) in [6, 6.07) is 10.8. The summed E-state index contributed by atoms with van der Waals surface area (Å²) < 4.78 is 5.26. The number of aryl methyl sites for hydroxylation is 1. The van der Waals surface area contributed by atoms with Gasteiger partial charge in [0.2, 0.25) is 5.91 Å². The maximum absolute atomic E-state index is 12.6. The Morgan fingerprint density at radius 2 is 1.96 bits per heavy atom. The van der Waals surface area contributed by atoms with Gasteiger partial charge in [-0.1, -0.05) is 12.1 Å². The third kappa shape index (κ3) is 3.25. The van der Waals surface area contributed by atoms with Crippen molar-refractivity contribution in [3.05, 3.63) is 58.7 Å². The van der Waals surface area contributed by atoms with Crippen molar-refractivity contribution in [1.82, 2.24) is 0 Å². The molecule has 27 heavy (non-hydrogen) atoms. The molecule has 0 spiro atoms. The Morgan fingerprint density at radius 3 is 2.78 bits per heavy atom. The predicted molar refractivity (Wildman–Crippen MR) is 104 cm³/mol. The quantitative estimate of drug-likeness (QED) is 0.452. The van der Waals surface area contributed by atoms with Crippen LogP contribution in [0.2, 0.25) is 0 Å². The van der Waals surface area contributed by atoms with Gasteiger partial charge in [0.15, 0.2) is 12.4 Å². The average molecular weight is 381 g/mol. The van der Waals surface area contributed by atoms with Crippen LogP contribution in [-0.2, 0) is 22.4 Å². The Labute approximate surface area is 161 Å². The van der Waals surface area contributed by atoms with Gasteiger partial charge in [-0.05, 0) is 54.5 Å². The van der Waals surface area contributed by atoms with Gasteiger partial charge in [0.05, 0.1) is 17.7 Å². The number of Topliss-reactive ketones (excluding diaryl/α,β-unsaturated/α-hetero) is 1. The van der Waals surface area contributed by atoms with Crippen LogP contribution < -0.4 is 4.90 Å². The molecule has 2 aromatic rings. The normalized spacial score (nSPS) is 14.9. The molecule has 0 aromatic heterocycles. The van der Waals surface area contributed by atoms with Crippen LogP contribution >= 0.6 is 11.8 Å². The molecule has 0 aliphatic carbocycles. The zero-order valence-corrected chi connectivity index (χ0v) is 15.8. The molecule has 0 saturated heterocycles. The van der Waals surface area contributed by atoms with Gasteiger partial charge in [-0.3, -0.25) is 9.59 Å². The van der Waals surface area contributed by atoms with Crippen molar-refractivity contribution < 1.29 is 19.1 Å². The number of thioether (sulfide) groups is 1. The number of rotatable bonds is 5. The summed E-state index contributed by atoms with van der Waals surface area (Å²) in [7, 11) is 0. The van der Waals surface area contributed by atoms with E-state index in [1.807, 2.05) is 29.4 Å². The molecular weight excluding hydrogens is 362 g/mol. The molecule has 0 bridgehead atoms. The monoisotopic (exact) mass is 381 g/mol. The largest absolute Gasteiger partial charge is 0.454 e. The minimum Gasteiger partial charge on any atom is -0.454 e. The Balaban J connectivity index is 1.51. The van der Waals surface area contributed by atoms with Crippen LogP contribution in [0, 0.1) is 0 Å². The van der Waals surface area contributed by atoms with Crippen LogP contribution in [0.5, 0.6) is 0 Å². The second-order valence-corrected chi connectivity index (χ2v) is 7.52. The van der Waals surface area contributed by atoms with Crippen molar-refractivity contribution in [3.8, 4) is 0 Å². The lowest BCUT2D eigenvalue weighted by atomic mass is 9.95. The standard InChI is InChI=1S/C21H19NO4S/c1-27-18-7-3-2-6-16(18)21(25)26-12-17(23)14-9-13-5-4-8-22-19(24)11-15(10-14)20(13)22/h2-3,6-7,9-10H,4-5,8,11-12H2,1H3. The van der Waals surface area contributed by atoms with Gasteiger partial charge in [-0.25, -0.2) is 4.79 Å². The van der Waals surface area contributed by atoms with Gasteiger partial charge in [-0.15, -0.1) is 11.8 Å². The smallest absolute Gasteiger partial charge is 0.339 e. The second kappa shape index (κ2) is 7.19. The number of benzene rings is 2. The van der Waals surface area contributed by atoms with Gasteiger partial charge in [0.1, 0.15) is 0 Å². The molecule has 0 saturated carbocycles. The lowest BCUT2D eigenvalue weighted by Crippen LogP contribution is -2.31. The highest BCUT2D eigenvalue weighted by Crippen LogP contribution is 2.37. The summed E-state index contributed by atoms with van der Waals surface area (Å²) >= 11 is 1.46. The number of carbonyl (C=O) groups is 3. The summed E-state index contributed by atoms with van der Waals surface area (Å²) in [5.74, 6) is -0.659. The Kier molecular flexibility index (Phi) is 4.74. The first-order valence-electron chi connectivity index (χ1n) is 8.88. The maximum atomic E-state index is 12.6. The number of hydrogen-bond donors (Lipinski definition) is 0. The molecule has 4 rings (SSSR count). The number of ketones is 1. The van der Waals surface area contributed by atoms with E-state index in [2.05, 4.69) is 0 Å². The van der Waals surface area contributed by atoms with Crippen LogP contribution in [-0.4, -0.2) is 37.1 Å². The minimum absolute atomic E-state index is 0.0932. The van der Waals surface area contributed by atoms with Crippen molar-refractivity contribution in [2.45, 2.75) is 24.2 Å². The van der Waals surface area contributed by atoms with Crippen molar-refractivity contribution in [2.24, 2.45) is 0 Å². The molecular formula is C21H19NO4S. The molecule has 0 fully saturated rings. The molecule has 2 aromatic carbocycles. The molecule has 138 valence electrons. The summed E-state index contributed by atoms with van der Waals surface area (Å²) in [5.41, 5.74) is 3.88. The number of anilines is 1. The molecule has 2 aliphatic heterocycles. The van der Waals surface area contributed by atoms with E-state index in [1.165, 1.54) is 11.8 Å². The fraction of sp³-hybridized carbons (Fsp3) is 0.286. The molecule has 0 unspecified atom stereocenters. The number of hydrogen-bond acceptors (Lipinski definition) is 5. The fourth-order valence-electron chi connectivity index (χ4n) is 3.75. The number of nitrogens with zero attached hydrogens (tertiary/aromatic N) is 1. The van der Waals surface area contributed by atoms with Crippen LogP contribution in [0.15, 0.2) is 41.3 Å². The molecule has 0 atom stereocenters. The van der Waals surface area contributed by atoms with Gasteiger partial charge >= 0.3 is 5.97 Å². The summed E-state index contributed by atoms with van der Waals surface area (Å²) in [6.07, 6.45) is 3.98. The summed E-state index contributed by atoms with van der Waals surface area (Å²) in [4.78, 5) is 39.7. The van der Waals surface area contributed by atoms with Crippen molar-refractivity contribution >= 4 is 35.1 Å². The van der Waals surface area contributed by atoms with E-state index in [1.54, 1.807) is 18.2 Å². The SMILES string of the molecule is CSc1ccccc1C(=O)OCC(=O)c1cc2c3c(c1)CC(=O)N3CCC2. The van der Waals surface area contributed by atoms with Gasteiger partial charge in [0, 0.05) is 17.0 Å². The lowest BCUT2D eigenvalue weighted by Gasteiger charge is -2.25. The molecule has 0 N–H and O–H groups in total. The molecule has 2 aliphatic rings. The van der Waals surface area contributed by atoms with Crippen LogP contribution in [0.3, 0.4) is 0 Å². The van der Waals surface area contributed by atoms with E-state index >= 15 is 0 Å². The number of carbonyl (C=O) groups excluding carboxylic acids is 3. The van der Waals surface area contributed by atoms with E-state index in [0.717, 1.165) is 41.1 Å². The van der Waals surface area contributed by atoms with Crippen LogP contribution in [0.1, 0.15) is 38.3 Å². The summed E-state index contributed by atoms with van der Waals surface area (Å²) in [6.45, 7) is 0.441. The fourth-order valence-corrected chi connectivity index (χ4v) is 4.33. The third-order valence-corrected chi connectivity index (χ3v) is 5.79. The highest BCUT2D eigenvalue weighted by molar-refractivity contribution is 7.98. The predicted octanol–water partition coefficient (Wildman–Crippen LogP) is 3.28. The van der Waals surface area contributed by atoms with E-state index in [-0.39, 0.29) is 18.3 Å². The highest BCUT2D eigenvalue weighted by Gasteiger charge is 2.33. The Hall–Kier alpha value is -2.60.